The maximum atomic E-state index is 11.0. The summed E-state index contributed by atoms with van der Waals surface area (Å²) < 4.78 is 11.0. The number of carbonyl (C=O) groups is 2. The molecule has 0 aliphatic heterocycles. The summed E-state index contributed by atoms with van der Waals surface area (Å²) in [4.78, 5) is 39.2. The average molecular weight is 253 g/mol. The molecular formula is C7H12NO7P. The van der Waals surface area contributed by atoms with Crippen LogP contribution in [0.2, 0.25) is 0 Å². The van der Waals surface area contributed by atoms with E-state index in [2.05, 4.69) is 6.58 Å². The predicted octanol–water partition coefficient (Wildman–Crippen LogP) is -0.853. The van der Waals surface area contributed by atoms with E-state index in [0.717, 1.165) is 6.08 Å². The molecule has 0 bridgehead atoms. The summed E-state index contributed by atoms with van der Waals surface area (Å²) in [5.74, 6) is -4.40. The highest BCUT2D eigenvalue weighted by Crippen LogP contribution is 2.43. The highest BCUT2D eigenvalue weighted by Gasteiger charge is 2.33. The fourth-order valence-electron chi connectivity index (χ4n) is 1.09. The third kappa shape index (κ3) is 5.04. The van der Waals surface area contributed by atoms with Gasteiger partial charge in [0.1, 0.15) is 5.78 Å². The quantitative estimate of drug-likeness (QED) is 0.340. The summed E-state index contributed by atoms with van der Waals surface area (Å²) >= 11 is 0. The monoisotopic (exact) mass is 253 g/mol. The van der Waals surface area contributed by atoms with E-state index in [1.807, 2.05) is 0 Å². The predicted molar refractivity (Wildman–Crippen MR) is 52.9 cm³/mol. The van der Waals surface area contributed by atoms with Gasteiger partial charge in [-0.15, -0.1) is 6.58 Å². The Bertz CT molecular complexity index is 320. The van der Waals surface area contributed by atoms with Crippen molar-refractivity contribution in [1.82, 2.24) is 4.90 Å². The van der Waals surface area contributed by atoms with E-state index in [1.165, 1.54) is 0 Å². The highest BCUT2D eigenvalue weighted by molar-refractivity contribution is 7.52. The Balaban J connectivity index is 4.97. The number of hydrogen-bond donors (Lipinski definition) is 4. The minimum absolute atomic E-state index is 0.623. The van der Waals surface area contributed by atoms with Gasteiger partial charge >= 0.3 is 19.5 Å². The molecule has 92 valence electrons. The van der Waals surface area contributed by atoms with Crippen molar-refractivity contribution in [1.29, 1.82) is 0 Å². The number of nitrogens with zero attached hydrogens (tertiary/aromatic N) is 1. The van der Waals surface area contributed by atoms with Gasteiger partial charge < -0.3 is 20.0 Å². The molecular weight excluding hydrogens is 241 g/mol. The molecule has 0 amide bonds. The van der Waals surface area contributed by atoms with Crippen LogP contribution in [0.4, 0.5) is 0 Å². The summed E-state index contributed by atoms with van der Waals surface area (Å²) in [5, 5.41) is 17.0. The van der Waals surface area contributed by atoms with Crippen molar-refractivity contribution in [3.8, 4) is 0 Å². The highest BCUT2D eigenvalue weighted by atomic mass is 31.2. The van der Waals surface area contributed by atoms with Crippen LogP contribution in [0.3, 0.4) is 0 Å². The van der Waals surface area contributed by atoms with E-state index in [4.69, 9.17) is 20.0 Å². The van der Waals surface area contributed by atoms with Gasteiger partial charge in [-0.1, -0.05) is 6.08 Å². The van der Waals surface area contributed by atoms with Crippen LogP contribution in [-0.2, 0) is 14.2 Å². The van der Waals surface area contributed by atoms with E-state index >= 15 is 0 Å². The molecule has 9 heteroatoms. The van der Waals surface area contributed by atoms with Crippen LogP contribution in [0, 0.1) is 0 Å². The lowest BCUT2D eigenvalue weighted by Crippen LogP contribution is -2.41. The smallest absolute Gasteiger partial charge is 0.346 e. The molecule has 0 spiro atoms. The average Bonchev–Trinajstić information content (AvgIpc) is 1.99. The first-order chi connectivity index (χ1) is 7.18. The van der Waals surface area contributed by atoms with Crippen molar-refractivity contribution in [2.24, 2.45) is 0 Å². The number of carboxylic acids is 2. The van der Waals surface area contributed by atoms with Gasteiger partial charge in [0.25, 0.3) is 0 Å². The molecule has 8 nitrogen and oxygen atoms in total. The molecule has 4 N–H and O–H groups in total. The third-order valence-electron chi connectivity index (χ3n) is 1.61. The fourth-order valence-corrected chi connectivity index (χ4v) is 1.95. The number of hydrogen-bond acceptors (Lipinski definition) is 4. The first-order valence-corrected chi connectivity index (χ1v) is 5.72. The molecule has 0 aliphatic carbocycles. The minimum Gasteiger partial charge on any atom is -0.480 e. The maximum absolute atomic E-state index is 11.0. The first-order valence-electron chi connectivity index (χ1n) is 4.04. The van der Waals surface area contributed by atoms with E-state index in [-0.39, 0.29) is 0 Å². The normalized spacial score (nSPS) is 13.4. The Morgan fingerprint density at radius 1 is 1.25 bits per heavy atom. The lowest BCUT2D eigenvalue weighted by atomic mass is 10.4. The lowest BCUT2D eigenvalue weighted by Gasteiger charge is -2.26. The van der Waals surface area contributed by atoms with Gasteiger partial charge in [-0.05, 0) is 0 Å². The van der Waals surface area contributed by atoms with Gasteiger partial charge in [0, 0.05) is 0 Å². The van der Waals surface area contributed by atoms with Crippen molar-refractivity contribution >= 4 is 19.5 Å². The van der Waals surface area contributed by atoms with Crippen LogP contribution in [0.1, 0.15) is 0 Å². The Labute approximate surface area is 91.0 Å². The number of aliphatic carboxylic acids is 2. The molecule has 0 saturated heterocycles. The van der Waals surface area contributed by atoms with Crippen LogP contribution in [-0.4, -0.2) is 55.7 Å². The second kappa shape index (κ2) is 5.76. The molecule has 16 heavy (non-hydrogen) atoms. The summed E-state index contributed by atoms with van der Waals surface area (Å²) in [6, 6.07) is 0. The van der Waals surface area contributed by atoms with E-state index in [0.29, 0.717) is 4.90 Å². The molecule has 0 aromatic carbocycles. The zero-order valence-corrected chi connectivity index (χ0v) is 9.08. The van der Waals surface area contributed by atoms with Crippen LogP contribution in [0.5, 0.6) is 0 Å². The first kappa shape index (κ1) is 14.8. The van der Waals surface area contributed by atoms with Crippen LogP contribution in [0.15, 0.2) is 12.7 Å². The third-order valence-corrected chi connectivity index (χ3v) is 2.83. The van der Waals surface area contributed by atoms with Crippen LogP contribution in [0.25, 0.3) is 0 Å². The SMILES string of the molecule is C=CC(N(CC(=O)O)CC(=O)O)P(=O)(O)O. The molecule has 1 atom stereocenters. The molecule has 0 saturated carbocycles. The lowest BCUT2D eigenvalue weighted by molar-refractivity contribution is -0.141. The summed E-state index contributed by atoms with van der Waals surface area (Å²) in [6.07, 6.45) is 0.826. The Morgan fingerprint density at radius 3 is 1.81 bits per heavy atom. The van der Waals surface area contributed by atoms with Crippen molar-refractivity contribution < 1.29 is 34.2 Å². The molecule has 0 heterocycles. The Hall–Kier alpha value is -1.21. The van der Waals surface area contributed by atoms with Gasteiger partial charge in [-0.3, -0.25) is 19.1 Å². The molecule has 0 rings (SSSR count). The topological polar surface area (TPSA) is 135 Å². The zero-order chi connectivity index (χ0) is 12.9. The minimum atomic E-state index is -4.66. The van der Waals surface area contributed by atoms with Crippen molar-refractivity contribution in [2.45, 2.75) is 5.78 Å². The summed E-state index contributed by atoms with van der Waals surface area (Å²) in [5.41, 5.74) is 0. The second-order valence-electron chi connectivity index (χ2n) is 2.93. The fraction of sp³-hybridized carbons (Fsp3) is 0.429. The number of carboxylic acid groups (broad SMARTS) is 2. The van der Waals surface area contributed by atoms with Gasteiger partial charge in [0.05, 0.1) is 13.1 Å². The Kier molecular flexibility index (Phi) is 5.32. The van der Waals surface area contributed by atoms with E-state index < -0.39 is 38.4 Å². The molecule has 0 aliphatic rings. The van der Waals surface area contributed by atoms with Gasteiger partial charge in [-0.25, -0.2) is 0 Å². The van der Waals surface area contributed by atoms with E-state index in [1.54, 1.807) is 0 Å². The van der Waals surface area contributed by atoms with Crippen LogP contribution < -0.4 is 0 Å². The Morgan fingerprint density at radius 2 is 1.62 bits per heavy atom. The summed E-state index contributed by atoms with van der Waals surface area (Å²) in [7, 11) is -4.66. The molecule has 0 fully saturated rings. The zero-order valence-electron chi connectivity index (χ0n) is 8.18. The van der Waals surface area contributed by atoms with Gasteiger partial charge in [-0.2, -0.15) is 0 Å². The second-order valence-corrected chi connectivity index (χ2v) is 4.64. The van der Waals surface area contributed by atoms with Crippen molar-refractivity contribution in [3.63, 3.8) is 0 Å². The molecule has 0 radical (unpaired) electrons. The molecule has 0 aromatic rings. The van der Waals surface area contributed by atoms with E-state index in [9.17, 15) is 14.2 Å². The summed E-state index contributed by atoms with van der Waals surface area (Å²) in [6.45, 7) is 1.55. The standard InChI is InChI=1S/C7H12NO7P/c1-2-5(16(13,14)15)8(3-6(9)10)4-7(11)12/h2,5H,1,3-4H2,(H,9,10)(H,11,12)(H2,13,14,15). The molecule has 0 aromatic heterocycles. The van der Waals surface area contributed by atoms with Gasteiger partial charge in [0.2, 0.25) is 0 Å². The molecule has 1 unspecified atom stereocenters. The van der Waals surface area contributed by atoms with Crippen LogP contribution >= 0.6 is 7.60 Å². The maximum Gasteiger partial charge on any atom is 0.346 e. The van der Waals surface area contributed by atoms with Crippen molar-refractivity contribution in [3.05, 3.63) is 12.7 Å². The number of rotatable bonds is 7. The van der Waals surface area contributed by atoms with Gasteiger partial charge in [0.15, 0.2) is 0 Å². The largest absolute Gasteiger partial charge is 0.480 e. The van der Waals surface area contributed by atoms with Crippen molar-refractivity contribution in [2.75, 3.05) is 13.1 Å².